The minimum atomic E-state index is -0.259. The van der Waals surface area contributed by atoms with Gasteiger partial charge in [-0.15, -0.1) is 21.8 Å². The number of rotatable bonds is 2. The Balaban J connectivity index is 2.50. The highest BCUT2D eigenvalue weighted by Gasteiger charge is 2.15. The molecule has 0 spiro atoms. The van der Waals surface area contributed by atoms with Crippen molar-refractivity contribution in [3.8, 4) is 11.5 Å². The van der Waals surface area contributed by atoms with Crippen LogP contribution in [0.2, 0.25) is 0 Å². The fourth-order valence-electron chi connectivity index (χ4n) is 1.65. The van der Waals surface area contributed by atoms with Gasteiger partial charge in [-0.05, 0) is 31.9 Å². The Kier molecular flexibility index (Phi) is 2.97. The molecular weight excluding hydrogens is 224 g/mol. The van der Waals surface area contributed by atoms with Crippen LogP contribution in [0.3, 0.4) is 0 Å². The number of alkyl halides is 1. The molecule has 1 unspecified atom stereocenters. The third-order valence-electron chi connectivity index (χ3n) is 2.48. The van der Waals surface area contributed by atoms with E-state index in [1.807, 2.05) is 39.0 Å². The molecule has 0 aliphatic heterocycles. The van der Waals surface area contributed by atoms with Crippen LogP contribution >= 0.6 is 11.6 Å². The zero-order valence-corrected chi connectivity index (χ0v) is 10.2. The lowest BCUT2D eigenvalue weighted by atomic mass is 10.0. The SMILES string of the molecule is Cc1cccc(C)c1-c1nnc(C(C)Cl)o1. The molecule has 0 N–H and O–H groups in total. The van der Waals surface area contributed by atoms with Gasteiger partial charge in [-0.3, -0.25) is 0 Å². The van der Waals surface area contributed by atoms with E-state index in [1.54, 1.807) is 0 Å². The molecule has 0 fully saturated rings. The fourth-order valence-corrected chi connectivity index (χ4v) is 1.74. The van der Waals surface area contributed by atoms with E-state index in [0.29, 0.717) is 11.8 Å². The maximum absolute atomic E-state index is 5.89. The molecule has 0 aliphatic rings. The van der Waals surface area contributed by atoms with Crippen molar-refractivity contribution in [1.29, 1.82) is 0 Å². The van der Waals surface area contributed by atoms with Crippen LogP contribution < -0.4 is 0 Å². The molecule has 16 heavy (non-hydrogen) atoms. The summed E-state index contributed by atoms with van der Waals surface area (Å²) >= 11 is 5.89. The third-order valence-corrected chi connectivity index (χ3v) is 2.66. The van der Waals surface area contributed by atoms with E-state index in [1.165, 1.54) is 0 Å². The van der Waals surface area contributed by atoms with Crippen molar-refractivity contribution < 1.29 is 4.42 Å². The first-order valence-corrected chi connectivity index (χ1v) is 5.57. The summed E-state index contributed by atoms with van der Waals surface area (Å²) in [5.41, 5.74) is 3.24. The average Bonchev–Trinajstić information content (AvgIpc) is 2.66. The van der Waals surface area contributed by atoms with Crippen molar-refractivity contribution in [2.75, 3.05) is 0 Å². The molecule has 2 aromatic rings. The van der Waals surface area contributed by atoms with Crippen molar-refractivity contribution in [2.45, 2.75) is 26.1 Å². The quantitative estimate of drug-likeness (QED) is 0.747. The molecule has 3 nitrogen and oxygen atoms in total. The lowest BCUT2D eigenvalue weighted by molar-refractivity contribution is 0.506. The van der Waals surface area contributed by atoms with Gasteiger partial charge >= 0.3 is 0 Å². The number of halogens is 1. The highest BCUT2D eigenvalue weighted by atomic mass is 35.5. The maximum Gasteiger partial charge on any atom is 0.248 e. The number of aromatic nitrogens is 2. The number of nitrogens with zero attached hydrogens (tertiary/aromatic N) is 2. The second-order valence-corrected chi connectivity index (χ2v) is 4.48. The van der Waals surface area contributed by atoms with Crippen molar-refractivity contribution in [3.63, 3.8) is 0 Å². The van der Waals surface area contributed by atoms with Gasteiger partial charge in [0.05, 0.1) is 0 Å². The van der Waals surface area contributed by atoms with Gasteiger partial charge in [0.25, 0.3) is 0 Å². The van der Waals surface area contributed by atoms with Crippen molar-refractivity contribution in [1.82, 2.24) is 10.2 Å². The number of hydrogen-bond donors (Lipinski definition) is 0. The molecule has 0 amide bonds. The van der Waals surface area contributed by atoms with E-state index in [0.717, 1.165) is 16.7 Å². The first-order valence-electron chi connectivity index (χ1n) is 5.13. The van der Waals surface area contributed by atoms with Gasteiger partial charge in [0.15, 0.2) is 0 Å². The Labute approximate surface area is 99.5 Å². The molecule has 1 aromatic heterocycles. The van der Waals surface area contributed by atoms with Crippen molar-refractivity contribution >= 4 is 11.6 Å². The summed E-state index contributed by atoms with van der Waals surface area (Å²) in [6.45, 7) is 5.86. The molecule has 0 aliphatic carbocycles. The van der Waals surface area contributed by atoms with Crippen molar-refractivity contribution in [2.24, 2.45) is 0 Å². The van der Waals surface area contributed by atoms with Gasteiger partial charge in [-0.1, -0.05) is 18.2 Å². The predicted octanol–water partition coefficient (Wildman–Crippen LogP) is 3.65. The summed E-state index contributed by atoms with van der Waals surface area (Å²) in [6, 6.07) is 6.06. The predicted molar refractivity (Wildman–Crippen MR) is 63.5 cm³/mol. The summed E-state index contributed by atoms with van der Waals surface area (Å²) in [6.07, 6.45) is 0. The van der Waals surface area contributed by atoms with Crippen LogP contribution in [-0.4, -0.2) is 10.2 Å². The highest BCUT2D eigenvalue weighted by molar-refractivity contribution is 6.20. The molecule has 0 bridgehead atoms. The van der Waals surface area contributed by atoms with Crippen LogP contribution in [0, 0.1) is 13.8 Å². The Morgan fingerprint density at radius 3 is 2.31 bits per heavy atom. The summed E-state index contributed by atoms with van der Waals surface area (Å²) in [5, 5.41) is 7.70. The molecule has 2 rings (SSSR count). The van der Waals surface area contributed by atoms with E-state index in [4.69, 9.17) is 16.0 Å². The molecule has 1 aromatic carbocycles. The van der Waals surface area contributed by atoms with E-state index < -0.39 is 0 Å². The number of aryl methyl sites for hydroxylation is 2. The van der Waals surface area contributed by atoms with Gasteiger partial charge < -0.3 is 4.42 Å². The van der Waals surface area contributed by atoms with Crippen LogP contribution in [0.25, 0.3) is 11.5 Å². The molecular formula is C12H13ClN2O. The lowest BCUT2D eigenvalue weighted by Crippen LogP contribution is -1.87. The molecule has 0 saturated heterocycles. The summed E-state index contributed by atoms with van der Waals surface area (Å²) in [7, 11) is 0. The van der Waals surface area contributed by atoms with Crippen LogP contribution in [-0.2, 0) is 0 Å². The van der Waals surface area contributed by atoms with E-state index >= 15 is 0 Å². The van der Waals surface area contributed by atoms with Gasteiger partial charge in [-0.2, -0.15) is 0 Å². The second-order valence-electron chi connectivity index (χ2n) is 3.83. The molecule has 1 heterocycles. The number of hydrogen-bond acceptors (Lipinski definition) is 3. The average molecular weight is 237 g/mol. The topological polar surface area (TPSA) is 38.9 Å². The largest absolute Gasteiger partial charge is 0.419 e. The minimum Gasteiger partial charge on any atom is -0.419 e. The van der Waals surface area contributed by atoms with Crippen LogP contribution in [0.4, 0.5) is 0 Å². The first kappa shape index (κ1) is 11.1. The molecule has 0 radical (unpaired) electrons. The summed E-state index contributed by atoms with van der Waals surface area (Å²) in [5.74, 6) is 0.998. The van der Waals surface area contributed by atoms with E-state index in [2.05, 4.69) is 10.2 Å². The zero-order valence-electron chi connectivity index (χ0n) is 9.49. The Morgan fingerprint density at radius 2 is 1.81 bits per heavy atom. The Bertz CT molecular complexity index is 485. The summed E-state index contributed by atoms with van der Waals surface area (Å²) in [4.78, 5) is 0. The van der Waals surface area contributed by atoms with E-state index in [-0.39, 0.29) is 5.38 Å². The standard InChI is InChI=1S/C12H13ClN2O/c1-7-5-4-6-8(2)10(7)12-15-14-11(16-12)9(3)13/h4-6,9H,1-3H3. The molecule has 84 valence electrons. The Morgan fingerprint density at radius 1 is 1.19 bits per heavy atom. The van der Waals surface area contributed by atoms with E-state index in [9.17, 15) is 0 Å². The van der Waals surface area contributed by atoms with Crippen molar-refractivity contribution in [3.05, 3.63) is 35.2 Å². The zero-order chi connectivity index (χ0) is 11.7. The smallest absolute Gasteiger partial charge is 0.248 e. The molecule has 4 heteroatoms. The van der Waals surface area contributed by atoms with Crippen LogP contribution in [0.5, 0.6) is 0 Å². The third kappa shape index (κ3) is 1.95. The highest BCUT2D eigenvalue weighted by Crippen LogP contribution is 2.28. The monoisotopic (exact) mass is 236 g/mol. The maximum atomic E-state index is 5.89. The molecule has 0 saturated carbocycles. The minimum absolute atomic E-state index is 0.259. The normalized spacial score (nSPS) is 12.8. The summed E-state index contributed by atoms with van der Waals surface area (Å²) < 4.78 is 5.54. The van der Waals surface area contributed by atoms with Crippen LogP contribution in [0.15, 0.2) is 22.6 Å². The van der Waals surface area contributed by atoms with Gasteiger partial charge in [0.2, 0.25) is 11.8 Å². The second kappa shape index (κ2) is 4.26. The fraction of sp³-hybridized carbons (Fsp3) is 0.333. The number of benzene rings is 1. The van der Waals surface area contributed by atoms with Gasteiger partial charge in [0.1, 0.15) is 5.38 Å². The lowest BCUT2D eigenvalue weighted by Gasteiger charge is -2.04. The van der Waals surface area contributed by atoms with Gasteiger partial charge in [-0.25, -0.2) is 0 Å². The first-order chi connectivity index (χ1) is 7.59. The van der Waals surface area contributed by atoms with Gasteiger partial charge in [0, 0.05) is 5.56 Å². The van der Waals surface area contributed by atoms with Crippen LogP contribution in [0.1, 0.15) is 29.3 Å². The molecule has 1 atom stereocenters. The Hall–Kier alpha value is -1.35.